The summed E-state index contributed by atoms with van der Waals surface area (Å²) in [6.07, 6.45) is 7.10. The molecule has 1 aliphatic rings. The third-order valence-corrected chi connectivity index (χ3v) is 4.46. The summed E-state index contributed by atoms with van der Waals surface area (Å²) in [5.41, 5.74) is 1.10. The third-order valence-electron chi connectivity index (χ3n) is 4.46. The molecule has 1 aliphatic heterocycles. The van der Waals surface area contributed by atoms with Gasteiger partial charge >= 0.3 is 0 Å². The molecule has 0 radical (unpaired) electrons. The van der Waals surface area contributed by atoms with E-state index in [2.05, 4.69) is 26.4 Å². The molecular formula is C18H20N4O2. The first kappa shape index (κ1) is 15.0. The number of imidazole rings is 1. The third kappa shape index (κ3) is 2.92. The van der Waals surface area contributed by atoms with Crippen molar-refractivity contribution in [1.29, 1.82) is 0 Å². The van der Waals surface area contributed by atoms with Crippen molar-refractivity contribution in [2.75, 3.05) is 6.54 Å². The summed E-state index contributed by atoms with van der Waals surface area (Å²) >= 11 is 0. The molecular weight excluding hydrogens is 304 g/mol. The second kappa shape index (κ2) is 6.49. The molecule has 0 aromatic carbocycles. The molecule has 0 fully saturated rings. The van der Waals surface area contributed by atoms with E-state index in [1.165, 1.54) is 0 Å². The highest BCUT2D eigenvalue weighted by molar-refractivity contribution is 5.17. The molecule has 1 unspecified atom stereocenters. The summed E-state index contributed by atoms with van der Waals surface area (Å²) in [5.74, 6) is 2.84. The smallest absolute Gasteiger partial charge is 0.138 e. The van der Waals surface area contributed by atoms with Crippen molar-refractivity contribution in [3.05, 3.63) is 66.4 Å². The SMILES string of the molecule is CC1c2ncc(COc3cccnc3)n2CCN1Cc1ccco1. The van der Waals surface area contributed by atoms with Gasteiger partial charge in [0, 0.05) is 19.3 Å². The summed E-state index contributed by atoms with van der Waals surface area (Å²) in [6, 6.07) is 7.97. The fraction of sp³-hybridized carbons (Fsp3) is 0.333. The Hall–Kier alpha value is -2.60. The van der Waals surface area contributed by atoms with Gasteiger partial charge in [0.05, 0.1) is 36.9 Å². The zero-order valence-electron chi connectivity index (χ0n) is 13.6. The van der Waals surface area contributed by atoms with E-state index in [4.69, 9.17) is 9.15 Å². The molecule has 4 rings (SSSR count). The van der Waals surface area contributed by atoms with Gasteiger partial charge < -0.3 is 13.7 Å². The first-order valence-electron chi connectivity index (χ1n) is 8.15. The quantitative estimate of drug-likeness (QED) is 0.722. The van der Waals surface area contributed by atoms with Crippen LogP contribution in [-0.4, -0.2) is 26.0 Å². The minimum atomic E-state index is 0.246. The fourth-order valence-corrected chi connectivity index (χ4v) is 3.13. The number of pyridine rings is 1. The van der Waals surface area contributed by atoms with Gasteiger partial charge in [-0.25, -0.2) is 4.98 Å². The van der Waals surface area contributed by atoms with Crippen LogP contribution in [0.2, 0.25) is 0 Å². The number of furan rings is 1. The highest BCUT2D eigenvalue weighted by Gasteiger charge is 2.27. The molecule has 3 aromatic heterocycles. The van der Waals surface area contributed by atoms with Gasteiger partial charge in [-0.05, 0) is 31.2 Å². The lowest BCUT2D eigenvalue weighted by Crippen LogP contribution is -2.37. The zero-order valence-corrected chi connectivity index (χ0v) is 13.6. The number of hydrogen-bond donors (Lipinski definition) is 0. The van der Waals surface area contributed by atoms with Gasteiger partial charge in [0.25, 0.3) is 0 Å². The molecule has 0 bridgehead atoms. The van der Waals surface area contributed by atoms with E-state index in [-0.39, 0.29) is 6.04 Å². The predicted octanol–water partition coefficient (Wildman–Crippen LogP) is 3.03. The minimum absolute atomic E-state index is 0.246. The second-order valence-corrected chi connectivity index (χ2v) is 5.96. The second-order valence-electron chi connectivity index (χ2n) is 5.96. The molecule has 0 saturated carbocycles. The first-order chi connectivity index (χ1) is 11.8. The summed E-state index contributed by atoms with van der Waals surface area (Å²) in [6.45, 7) is 5.37. The average Bonchev–Trinajstić information content (AvgIpc) is 3.26. The average molecular weight is 324 g/mol. The van der Waals surface area contributed by atoms with Gasteiger partial charge in [-0.1, -0.05) is 0 Å². The maximum absolute atomic E-state index is 5.81. The van der Waals surface area contributed by atoms with Crippen molar-refractivity contribution in [2.45, 2.75) is 32.7 Å². The molecule has 3 aromatic rings. The molecule has 0 amide bonds. The van der Waals surface area contributed by atoms with Crippen LogP contribution in [0.3, 0.4) is 0 Å². The van der Waals surface area contributed by atoms with E-state index in [0.29, 0.717) is 6.61 Å². The van der Waals surface area contributed by atoms with Crippen LogP contribution in [0.5, 0.6) is 5.75 Å². The van der Waals surface area contributed by atoms with Crippen LogP contribution in [0.1, 0.15) is 30.2 Å². The summed E-state index contributed by atoms with van der Waals surface area (Å²) in [7, 11) is 0. The molecule has 4 heterocycles. The van der Waals surface area contributed by atoms with E-state index in [1.807, 2.05) is 30.5 Å². The molecule has 0 N–H and O–H groups in total. The standard InChI is InChI=1S/C18H20N4O2/c1-14-18-20-10-15(13-24-16-4-2-6-19-11-16)22(18)8-7-21(14)12-17-5-3-9-23-17/h2-6,9-11,14H,7-8,12-13H2,1H3. The van der Waals surface area contributed by atoms with Crippen LogP contribution >= 0.6 is 0 Å². The van der Waals surface area contributed by atoms with Gasteiger partial charge in [-0.2, -0.15) is 0 Å². The van der Waals surface area contributed by atoms with Crippen LogP contribution in [0.25, 0.3) is 0 Å². The highest BCUT2D eigenvalue weighted by Crippen LogP contribution is 2.27. The van der Waals surface area contributed by atoms with Gasteiger partial charge in [-0.15, -0.1) is 0 Å². The van der Waals surface area contributed by atoms with Crippen molar-refractivity contribution in [3.63, 3.8) is 0 Å². The zero-order chi connectivity index (χ0) is 16.4. The fourth-order valence-electron chi connectivity index (χ4n) is 3.13. The number of nitrogens with zero attached hydrogens (tertiary/aromatic N) is 4. The monoisotopic (exact) mass is 324 g/mol. The van der Waals surface area contributed by atoms with E-state index < -0.39 is 0 Å². The maximum Gasteiger partial charge on any atom is 0.138 e. The predicted molar refractivity (Wildman–Crippen MR) is 88.3 cm³/mol. The molecule has 124 valence electrons. The Morgan fingerprint density at radius 1 is 1.25 bits per heavy atom. The topological polar surface area (TPSA) is 56.3 Å². The Morgan fingerprint density at radius 2 is 2.21 bits per heavy atom. The lowest BCUT2D eigenvalue weighted by atomic mass is 10.2. The Balaban J connectivity index is 1.46. The van der Waals surface area contributed by atoms with E-state index in [1.54, 1.807) is 18.7 Å². The van der Waals surface area contributed by atoms with Crippen molar-refractivity contribution in [2.24, 2.45) is 0 Å². The van der Waals surface area contributed by atoms with E-state index >= 15 is 0 Å². The highest BCUT2D eigenvalue weighted by atomic mass is 16.5. The van der Waals surface area contributed by atoms with E-state index in [9.17, 15) is 0 Å². The van der Waals surface area contributed by atoms with Crippen molar-refractivity contribution in [1.82, 2.24) is 19.4 Å². The van der Waals surface area contributed by atoms with Crippen LogP contribution < -0.4 is 4.74 Å². The van der Waals surface area contributed by atoms with Crippen molar-refractivity contribution in [3.8, 4) is 5.75 Å². The summed E-state index contributed by atoms with van der Waals surface area (Å²) in [5, 5.41) is 0. The Labute approximate surface area is 140 Å². The number of fused-ring (bicyclic) bond motifs is 1. The van der Waals surface area contributed by atoms with Gasteiger partial charge in [-0.3, -0.25) is 9.88 Å². The number of ether oxygens (including phenoxy) is 1. The van der Waals surface area contributed by atoms with Crippen LogP contribution in [-0.2, 0) is 19.7 Å². The van der Waals surface area contributed by atoms with Crippen molar-refractivity contribution >= 4 is 0 Å². The first-order valence-corrected chi connectivity index (χ1v) is 8.15. The largest absolute Gasteiger partial charge is 0.486 e. The molecule has 0 aliphatic carbocycles. The Morgan fingerprint density at radius 3 is 3.00 bits per heavy atom. The summed E-state index contributed by atoms with van der Waals surface area (Å²) in [4.78, 5) is 11.1. The van der Waals surface area contributed by atoms with Crippen molar-refractivity contribution < 1.29 is 9.15 Å². The molecule has 6 heteroatoms. The number of hydrogen-bond acceptors (Lipinski definition) is 5. The lowest BCUT2D eigenvalue weighted by molar-refractivity contribution is 0.142. The molecule has 0 spiro atoms. The molecule has 24 heavy (non-hydrogen) atoms. The molecule has 6 nitrogen and oxygen atoms in total. The number of rotatable bonds is 5. The van der Waals surface area contributed by atoms with Gasteiger partial charge in [0.1, 0.15) is 23.9 Å². The Kier molecular flexibility index (Phi) is 4.04. The maximum atomic E-state index is 5.81. The minimum Gasteiger partial charge on any atom is -0.486 e. The molecule has 1 atom stereocenters. The van der Waals surface area contributed by atoms with Crippen LogP contribution in [0.15, 0.2) is 53.5 Å². The van der Waals surface area contributed by atoms with Crippen LogP contribution in [0.4, 0.5) is 0 Å². The van der Waals surface area contributed by atoms with Gasteiger partial charge in [0.15, 0.2) is 0 Å². The lowest BCUT2D eigenvalue weighted by Gasteiger charge is -2.33. The normalized spacial score (nSPS) is 17.6. The Bertz CT molecular complexity index is 783. The molecule has 0 saturated heterocycles. The van der Waals surface area contributed by atoms with Crippen LogP contribution in [0, 0.1) is 0 Å². The van der Waals surface area contributed by atoms with E-state index in [0.717, 1.165) is 42.7 Å². The summed E-state index contributed by atoms with van der Waals surface area (Å²) < 4.78 is 13.5. The number of aromatic nitrogens is 3. The van der Waals surface area contributed by atoms with Gasteiger partial charge in [0.2, 0.25) is 0 Å².